The highest BCUT2D eigenvalue weighted by Crippen LogP contribution is 2.36. The van der Waals surface area contributed by atoms with Crippen LogP contribution >= 0.6 is 11.8 Å². The maximum Gasteiger partial charge on any atom is 0.251 e. The Morgan fingerprint density at radius 3 is 2.71 bits per heavy atom. The highest BCUT2D eigenvalue weighted by atomic mass is 32.2. The molecule has 0 radical (unpaired) electrons. The van der Waals surface area contributed by atoms with Crippen LogP contribution in [0.3, 0.4) is 0 Å². The SMILES string of the molecule is CCCNC(=O)c1ccc(-c2cnc3c(NCC(C)(C)O)cc(SC4CCCC4)nn23)cc1C. The molecule has 0 atom stereocenters. The lowest BCUT2D eigenvalue weighted by Gasteiger charge is -2.19. The molecule has 0 spiro atoms. The molecule has 1 amide bonds. The Morgan fingerprint density at radius 1 is 1.26 bits per heavy atom. The fraction of sp³-hybridized carbons (Fsp3) is 0.500. The Labute approximate surface area is 205 Å². The van der Waals surface area contributed by atoms with Gasteiger partial charge in [0.15, 0.2) is 5.65 Å². The number of thioether (sulfide) groups is 1. The van der Waals surface area contributed by atoms with Crippen molar-refractivity contribution in [3.8, 4) is 11.3 Å². The van der Waals surface area contributed by atoms with Gasteiger partial charge in [-0.2, -0.15) is 5.10 Å². The number of benzene rings is 1. The molecule has 34 heavy (non-hydrogen) atoms. The average Bonchev–Trinajstić information content (AvgIpc) is 3.45. The summed E-state index contributed by atoms with van der Waals surface area (Å²) in [6, 6.07) is 7.90. The third kappa shape index (κ3) is 5.73. The maximum atomic E-state index is 12.5. The molecule has 182 valence electrons. The van der Waals surface area contributed by atoms with Gasteiger partial charge in [-0.3, -0.25) is 4.79 Å². The third-order valence-electron chi connectivity index (χ3n) is 6.05. The number of aliphatic hydroxyl groups is 1. The zero-order valence-corrected chi connectivity index (χ0v) is 21.3. The number of nitrogens with zero attached hydrogens (tertiary/aromatic N) is 3. The van der Waals surface area contributed by atoms with Gasteiger partial charge in [0.05, 0.1) is 23.2 Å². The summed E-state index contributed by atoms with van der Waals surface area (Å²) in [7, 11) is 0. The van der Waals surface area contributed by atoms with Gasteiger partial charge in [0.25, 0.3) is 5.91 Å². The molecular weight excluding hydrogens is 446 g/mol. The second-order valence-electron chi connectivity index (χ2n) is 9.75. The molecule has 0 unspecified atom stereocenters. The van der Waals surface area contributed by atoms with E-state index in [9.17, 15) is 9.90 Å². The summed E-state index contributed by atoms with van der Waals surface area (Å²) in [5, 5.41) is 23.0. The first-order valence-corrected chi connectivity index (χ1v) is 13.0. The van der Waals surface area contributed by atoms with Crippen LogP contribution in [-0.4, -0.2) is 49.6 Å². The highest BCUT2D eigenvalue weighted by molar-refractivity contribution is 7.99. The van der Waals surface area contributed by atoms with Crippen molar-refractivity contribution in [2.45, 2.75) is 75.7 Å². The first-order valence-electron chi connectivity index (χ1n) is 12.2. The number of fused-ring (bicyclic) bond motifs is 1. The van der Waals surface area contributed by atoms with Gasteiger partial charge in [0, 0.05) is 29.5 Å². The number of amides is 1. The Balaban J connectivity index is 1.71. The van der Waals surface area contributed by atoms with Crippen molar-refractivity contribution < 1.29 is 9.90 Å². The van der Waals surface area contributed by atoms with E-state index in [2.05, 4.69) is 15.6 Å². The predicted octanol–water partition coefficient (Wildman–Crippen LogP) is 5.06. The van der Waals surface area contributed by atoms with E-state index in [1.807, 2.05) is 60.6 Å². The molecule has 0 saturated heterocycles. The quantitative estimate of drug-likeness (QED) is 0.396. The van der Waals surface area contributed by atoms with E-state index in [1.165, 1.54) is 25.7 Å². The van der Waals surface area contributed by atoms with Gasteiger partial charge in [0.2, 0.25) is 0 Å². The molecule has 0 aliphatic heterocycles. The Bertz CT molecular complexity index is 1160. The van der Waals surface area contributed by atoms with Gasteiger partial charge < -0.3 is 15.7 Å². The van der Waals surface area contributed by atoms with Crippen LogP contribution in [0.25, 0.3) is 16.9 Å². The van der Waals surface area contributed by atoms with E-state index < -0.39 is 5.60 Å². The smallest absolute Gasteiger partial charge is 0.251 e. The summed E-state index contributed by atoms with van der Waals surface area (Å²) in [5.74, 6) is -0.0458. The van der Waals surface area contributed by atoms with Crippen molar-refractivity contribution in [3.63, 3.8) is 0 Å². The molecule has 0 bridgehead atoms. The average molecular weight is 482 g/mol. The molecule has 3 aromatic rings. The van der Waals surface area contributed by atoms with Gasteiger partial charge in [-0.25, -0.2) is 9.50 Å². The standard InChI is InChI=1S/C26H35N5O2S/c1-5-12-27-25(32)20-11-10-18(13-17(20)2)22-15-28-24-21(29-16-26(3,4)33)14-23(30-31(22)24)34-19-8-6-7-9-19/h10-11,13-15,19,29,33H,5-9,12,16H2,1-4H3,(H,27,32). The number of hydrogen-bond acceptors (Lipinski definition) is 6. The van der Waals surface area contributed by atoms with E-state index in [-0.39, 0.29) is 5.91 Å². The fourth-order valence-electron chi connectivity index (χ4n) is 4.23. The number of hydrogen-bond donors (Lipinski definition) is 3. The molecule has 3 N–H and O–H groups in total. The minimum Gasteiger partial charge on any atom is -0.389 e. The number of anilines is 1. The van der Waals surface area contributed by atoms with E-state index >= 15 is 0 Å². The Kier molecular flexibility index (Phi) is 7.48. The Morgan fingerprint density at radius 2 is 2.03 bits per heavy atom. The summed E-state index contributed by atoms with van der Waals surface area (Å²) < 4.78 is 1.88. The molecule has 7 nitrogen and oxygen atoms in total. The molecule has 4 rings (SSSR count). The lowest BCUT2D eigenvalue weighted by Crippen LogP contribution is -2.29. The molecule has 8 heteroatoms. The number of carbonyl (C=O) groups is 1. The van der Waals surface area contributed by atoms with Gasteiger partial charge in [-0.1, -0.05) is 25.8 Å². The second kappa shape index (κ2) is 10.4. The van der Waals surface area contributed by atoms with E-state index in [0.717, 1.165) is 39.6 Å². The minimum absolute atomic E-state index is 0.0458. The third-order valence-corrected chi connectivity index (χ3v) is 7.29. The Hall–Kier alpha value is -2.58. The molecule has 1 aromatic carbocycles. The predicted molar refractivity (Wildman–Crippen MR) is 139 cm³/mol. The largest absolute Gasteiger partial charge is 0.389 e. The van der Waals surface area contributed by atoms with Crippen molar-refractivity contribution in [1.29, 1.82) is 0 Å². The van der Waals surface area contributed by atoms with E-state index in [0.29, 0.717) is 23.9 Å². The minimum atomic E-state index is -0.847. The number of aromatic nitrogens is 3. The van der Waals surface area contributed by atoms with Gasteiger partial charge in [-0.15, -0.1) is 11.8 Å². The monoisotopic (exact) mass is 481 g/mol. The van der Waals surface area contributed by atoms with Crippen LogP contribution in [-0.2, 0) is 0 Å². The topological polar surface area (TPSA) is 91.5 Å². The zero-order chi connectivity index (χ0) is 24.3. The van der Waals surface area contributed by atoms with Crippen molar-refractivity contribution in [2.75, 3.05) is 18.4 Å². The second-order valence-corrected chi connectivity index (χ2v) is 11.1. The number of aryl methyl sites for hydroxylation is 1. The molecule has 2 heterocycles. The summed E-state index contributed by atoms with van der Waals surface area (Å²) >= 11 is 1.82. The van der Waals surface area contributed by atoms with Gasteiger partial charge >= 0.3 is 0 Å². The number of carbonyl (C=O) groups excluding carboxylic acids is 1. The summed E-state index contributed by atoms with van der Waals surface area (Å²) in [6.07, 6.45) is 7.71. The first kappa shape index (κ1) is 24.5. The summed E-state index contributed by atoms with van der Waals surface area (Å²) in [4.78, 5) is 17.1. The molecule has 1 saturated carbocycles. The number of imidazole rings is 1. The number of rotatable bonds is 9. The van der Waals surface area contributed by atoms with Crippen molar-refractivity contribution >= 4 is 29.0 Å². The van der Waals surface area contributed by atoms with Crippen LogP contribution in [0.2, 0.25) is 0 Å². The van der Waals surface area contributed by atoms with Crippen LogP contribution in [0.5, 0.6) is 0 Å². The van der Waals surface area contributed by atoms with Crippen molar-refractivity contribution in [2.24, 2.45) is 0 Å². The van der Waals surface area contributed by atoms with Crippen LogP contribution in [0.1, 0.15) is 68.8 Å². The fourth-order valence-corrected chi connectivity index (χ4v) is 5.46. The van der Waals surface area contributed by atoms with Crippen molar-refractivity contribution in [3.05, 3.63) is 41.6 Å². The maximum absolute atomic E-state index is 12.5. The van der Waals surface area contributed by atoms with E-state index in [4.69, 9.17) is 5.10 Å². The summed E-state index contributed by atoms with van der Waals surface area (Å²) in [6.45, 7) is 8.63. The van der Waals surface area contributed by atoms with Crippen LogP contribution < -0.4 is 10.6 Å². The van der Waals surface area contributed by atoms with E-state index in [1.54, 1.807) is 13.8 Å². The highest BCUT2D eigenvalue weighted by Gasteiger charge is 2.21. The lowest BCUT2D eigenvalue weighted by molar-refractivity contribution is 0.0941. The van der Waals surface area contributed by atoms with Gasteiger partial charge in [-0.05, 0) is 63.8 Å². The lowest BCUT2D eigenvalue weighted by atomic mass is 10.0. The molecule has 1 fully saturated rings. The van der Waals surface area contributed by atoms with Crippen LogP contribution in [0.15, 0.2) is 35.5 Å². The summed E-state index contributed by atoms with van der Waals surface area (Å²) in [5.41, 5.74) is 4.16. The molecule has 1 aliphatic carbocycles. The van der Waals surface area contributed by atoms with Crippen LogP contribution in [0, 0.1) is 6.92 Å². The van der Waals surface area contributed by atoms with Crippen LogP contribution in [0.4, 0.5) is 5.69 Å². The molecule has 1 aliphatic rings. The van der Waals surface area contributed by atoms with Gasteiger partial charge in [0.1, 0.15) is 5.03 Å². The zero-order valence-electron chi connectivity index (χ0n) is 20.5. The molecular formula is C26H35N5O2S. The number of nitrogens with one attached hydrogen (secondary N) is 2. The normalized spacial score (nSPS) is 14.6. The first-order chi connectivity index (χ1) is 16.2. The van der Waals surface area contributed by atoms with Crippen molar-refractivity contribution in [1.82, 2.24) is 19.9 Å². The molecule has 2 aromatic heterocycles.